The molecule has 0 spiro atoms. The van der Waals surface area contributed by atoms with E-state index < -0.39 is 17.6 Å². The molecule has 0 saturated heterocycles. The van der Waals surface area contributed by atoms with Gasteiger partial charge in [0.15, 0.2) is 0 Å². The fourth-order valence-corrected chi connectivity index (χ4v) is 1.99. The van der Waals surface area contributed by atoms with E-state index in [0.717, 1.165) is 0 Å². The summed E-state index contributed by atoms with van der Waals surface area (Å²) in [7, 11) is 0. The van der Waals surface area contributed by atoms with Gasteiger partial charge < -0.3 is 10.6 Å². The van der Waals surface area contributed by atoms with E-state index in [9.17, 15) is 14.0 Å². The molecule has 0 saturated carbocycles. The van der Waals surface area contributed by atoms with E-state index in [0.29, 0.717) is 21.8 Å². The fraction of sp³-hybridized carbons (Fsp3) is 0.125. The van der Waals surface area contributed by atoms with Crippen molar-refractivity contribution in [2.45, 2.75) is 13.5 Å². The van der Waals surface area contributed by atoms with Crippen molar-refractivity contribution in [1.82, 2.24) is 5.32 Å². The Balaban J connectivity index is 1.97. The van der Waals surface area contributed by atoms with Crippen LogP contribution in [0.5, 0.6) is 0 Å². The molecule has 0 bridgehead atoms. The van der Waals surface area contributed by atoms with Crippen LogP contribution in [0.2, 0.25) is 5.02 Å². The van der Waals surface area contributed by atoms with Crippen LogP contribution in [-0.2, 0) is 16.1 Å². The minimum Gasteiger partial charge on any atom is -0.344 e. The molecule has 2 aromatic carbocycles. The van der Waals surface area contributed by atoms with Crippen LogP contribution in [0, 0.1) is 12.7 Å². The molecule has 2 rings (SSSR count). The molecule has 0 radical (unpaired) electrons. The number of carbonyl (C=O) groups excluding carboxylic acids is 2. The zero-order valence-electron chi connectivity index (χ0n) is 11.8. The Hall–Kier alpha value is -2.40. The van der Waals surface area contributed by atoms with Crippen molar-refractivity contribution in [3.8, 4) is 0 Å². The molecule has 0 fully saturated rings. The summed E-state index contributed by atoms with van der Waals surface area (Å²) < 4.78 is 13.4. The molecule has 2 aromatic rings. The number of rotatable bonds is 3. The van der Waals surface area contributed by atoms with E-state index in [1.165, 1.54) is 12.1 Å². The van der Waals surface area contributed by atoms with E-state index in [2.05, 4.69) is 10.6 Å². The second kappa shape index (κ2) is 7.04. The standard InChI is InChI=1S/C16H14ClFN2O2/c1-10-12(17)6-4-8-14(10)20-16(22)15(21)19-9-11-5-2-3-7-13(11)18/h2-8H,9H2,1H3,(H,19,21)(H,20,22). The molecule has 2 N–H and O–H groups in total. The van der Waals surface area contributed by atoms with Gasteiger partial charge in [0.2, 0.25) is 0 Å². The highest BCUT2D eigenvalue weighted by Gasteiger charge is 2.15. The number of anilines is 1. The Kier molecular flexibility index (Phi) is 5.12. The summed E-state index contributed by atoms with van der Waals surface area (Å²) in [5.74, 6) is -2.11. The molecule has 0 aliphatic carbocycles. The zero-order chi connectivity index (χ0) is 16.1. The number of hydrogen-bond donors (Lipinski definition) is 2. The Morgan fingerprint density at radius 1 is 1.09 bits per heavy atom. The topological polar surface area (TPSA) is 58.2 Å². The molecule has 0 unspecified atom stereocenters. The third-order valence-corrected chi connectivity index (χ3v) is 3.53. The number of carbonyl (C=O) groups is 2. The monoisotopic (exact) mass is 320 g/mol. The van der Waals surface area contributed by atoms with E-state index in [-0.39, 0.29) is 6.54 Å². The Labute approximate surface area is 132 Å². The van der Waals surface area contributed by atoms with Crippen LogP contribution in [0.25, 0.3) is 0 Å². The predicted molar refractivity (Wildman–Crippen MR) is 83.1 cm³/mol. The number of amides is 2. The van der Waals surface area contributed by atoms with Crippen molar-refractivity contribution < 1.29 is 14.0 Å². The number of nitrogens with one attached hydrogen (secondary N) is 2. The lowest BCUT2D eigenvalue weighted by Gasteiger charge is -2.10. The lowest BCUT2D eigenvalue weighted by Crippen LogP contribution is -2.35. The minimum absolute atomic E-state index is 0.0620. The molecule has 0 aromatic heterocycles. The maximum Gasteiger partial charge on any atom is 0.313 e. The summed E-state index contributed by atoms with van der Waals surface area (Å²) in [5, 5.41) is 5.33. The normalized spacial score (nSPS) is 10.1. The smallest absolute Gasteiger partial charge is 0.313 e. The van der Waals surface area contributed by atoms with E-state index in [1.807, 2.05) is 0 Å². The maximum atomic E-state index is 13.4. The van der Waals surface area contributed by atoms with Crippen LogP contribution in [0.4, 0.5) is 10.1 Å². The molecule has 0 aliphatic heterocycles. The first kappa shape index (κ1) is 16.0. The van der Waals surface area contributed by atoms with Crippen LogP contribution in [-0.4, -0.2) is 11.8 Å². The van der Waals surface area contributed by atoms with Crippen molar-refractivity contribution in [3.05, 3.63) is 64.4 Å². The largest absolute Gasteiger partial charge is 0.344 e. The van der Waals surface area contributed by atoms with Gasteiger partial charge in [0.25, 0.3) is 0 Å². The highest BCUT2D eigenvalue weighted by Crippen LogP contribution is 2.22. The van der Waals surface area contributed by atoms with Gasteiger partial charge in [-0.15, -0.1) is 0 Å². The first-order chi connectivity index (χ1) is 10.5. The molecular weight excluding hydrogens is 307 g/mol. The van der Waals surface area contributed by atoms with Crippen molar-refractivity contribution in [3.63, 3.8) is 0 Å². The minimum atomic E-state index is -0.845. The highest BCUT2D eigenvalue weighted by molar-refractivity contribution is 6.40. The number of halogens is 2. The Morgan fingerprint density at radius 2 is 1.82 bits per heavy atom. The van der Waals surface area contributed by atoms with Crippen molar-refractivity contribution >= 4 is 29.1 Å². The van der Waals surface area contributed by atoms with Crippen LogP contribution < -0.4 is 10.6 Å². The quantitative estimate of drug-likeness (QED) is 0.854. The van der Waals surface area contributed by atoms with Gasteiger partial charge in [-0.25, -0.2) is 4.39 Å². The second-order valence-electron chi connectivity index (χ2n) is 4.64. The predicted octanol–water partition coefficient (Wildman–Crippen LogP) is 3.04. The van der Waals surface area contributed by atoms with Gasteiger partial charge in [0, 0.05) is 22.8 Å². The third-order valence-electron chi connectivity index (χ3n) is 3.12. The van der Waals surface area contributed by atoms with E-state index in [1.54, 1.807) is 37.3 Å². The number of benzene rings is 2. The lowest BCUT2D eigenvalue weighted by atomic mass is 10.2. The summed E-state index contributed by atoms with van der Waals surface area (Å²) in [4.78, 5) is 23.6. The second-order valence-corrected chi connectivity index (χ2v) is 5.05. The summed E-state index contributed by atoms with van der Waals surface area (Å²) in [6.07, 6.45) is 0. The van der Waals surface area contributed by atoms with Crippen LogP contribution in [0.3, 0.4) is 0 Å². The Morgan fingerprint density at radius 3 is 2.55 bits per heavy atom. The van der Waals surface area contributed by atoms with E-state index >= 15 is 0 Å². The van der Waals surface area contributed by atoms with Crippen molar-refractivity contribution in [2.75, 3.05) is 5.32 Å². The van der Waals surface area contributed by atoms with Crippen LogP contribution in [0.1, 0.15) is 11.1 Å². The van der Waals surface area contributed by atoms with Gasteiger partial charge in [-0.05, 0) is 30.7 Å². The first-order valence-corrected chi connectivity index (χ1v) is 6.94. The summed E-state index contributed by atoms with van der Waals surface area (Å²) in [6.45, 7) is 1.67. The molecule has 6 heteroatoms. The molecule has 114 valence electrons. The summed E-state index contributed by atoms with van der Waals surface area (Å²) in [5.41, 5.74) is 1.43. The molecule has 0 aliphatic rings. The van der Waals surface area contributed by atoms with Gasteiger partial charge in [-0.3, -0.25) is 9.59 Å². The van der Waals surface area contributed by atoms with Gasteiger partial charge in [-0.2, -0.15) is 0 Å². The third kappa shape index (κ3) is 3.83. The van der Waals surface area contributed by atoms with Gasteiger partial charge in [-0.1, -0.05) is 35.9 Å². The van der Waals surface area contributed by atoms with Crippen LogP contribution in [0.15, 0.2) is 42.5 Å². The zero-order valence-corrected chi connectivity index (χ0v) is 12.6. The highest BCUT2D eigenvalue weighted by atomic mass is 35.5. The average Bonchev–Trinajstić information content (AvgIpc) is 2.50. The summed E-state index contributed by atoms with van der Waals surface area (Å²) >= 11 is 5.94. The molecular formula is C16H14ClFN2O2. The molecule has 0 atom stereocenters. The fourth-order valence-electron chi connectivity index (χ4n) is 1.82. The molecule has 22 heavy (non-hydrogen) atoms. The number of hydrogen-bond acceptors (Lipinski definition) is 2. The maximum absolute atomic E-state index is 13.4. The Bertz CT molecular complexity index is 719. The average molecular weight is 321 g/mol. The van der Waals surface area contributed by atoms with Gasteiger partial charge in [0.1, 0.15) is 5.82 Å². The molecule has 0 heterocycles. The molecule has 2 amide bonds. The van der Waals surface area contributed by atoms with Crippen molar-refractivity contribution in [2.24, 2.45) is 0 Å². The molecule has 4 nitrogen and oxygen atoms in total. The summed E-state index contributed by atoms with van der Waals surface area (Å²) in [6, 6.07) is 11.0. The first-order valence-electron chi connectivity index (χ1n) is 6.56. The van der Waals surface area contributed by atoms with Gasteiger partial charge >= 0.3 is 11.8 Å². The lowest BCUT2D eigenvalue weighted by molar-refractivity contribution is -0.136. The van der Waals surface area contributed by atoms with Crippen molar-refractivity contribution in [1.29, 1.82) is 0 Å². The van der Waals surface area contributed by atoms with Gasteiger partial charge in [0.05, 0.1) is 0 Å². The SMILES string of the molecule is Cc1c(Cl)cccc1NC(=O)C(=O)NCc1ccccc1F. The van der Waals surface area contributed by atoms with E-state index in [4.69, 9.17) is 11.6 Å². The van der Waals surface area contributed by atoms with Crippen LogP contribution >= 0.6 is 11.6 Å².